The van der Waals surface area contributed by atoms with Crippen molar-refractivity contribution in [3.05, 3.63) is 28.7 Å². The first kappa shape index (κ1) is 18.2. The van der Waals surface area contributed by atoms with Crippen LogP contribution in [0.5, 0.6) is 5.75 Å². The number of carbonyl (C=O) groups excluding carboxylic acids is 1. The van der Waals surface area contributed by atoms with E-state index in [1.807, 2.05) is 29.2 Å². The monoisotopic (exact) mass is 384 g/mol. The van der Waals surface area contributed by atoms with Crippen LogP contribution in [0.3, 0.4) is 0 Å². The van der Waals surface area contributed by atoms with E-state index in [0.717, 1.165) is 49.2 Å². The maximum Gasteiger partial charge on any atom is 0.226 e. The van der Waals surface area contributed by atoms with Gasteiger partial charge in [-0.15, -0.1) is 0 Å². The van der Waals surface area contributed by atoms with Crippen molar-refractivity contribution in [2.45, 2.75) is 31.8 Å². The maximum absolute atomic E-state index is 12.2. The first-order valence-electron chi connectivity index (χ1n) is 8.17. The standard InChI is InChI=1S/C17H25BrN2O3/c18-14-3-1-4-16(13-14)23-12-7-17(21)20-9-5-15(6-10-20)22-11-2-8-19/h1,3-4,13,15H,2,5-12,19H2. The molecule has 0 spiro atoms. The summed E-state index contributed by atoms with van der Waals surface area (Å²) in [6.07, 6.45) is 3.38. The van der Waals surface area contributed by atoms with E-state index in [2.05, 4.69) is 15.9 Å². The molecular formula is C17H25BrN2O3. The zero-order valence-electron chi connectivity index (χ0n) is 13.4. The van der Waals surface area contributed by atoms with E-state index >= 15 is 0 Å². The molecule has 23 heavy (non-hydrogen) atoms. The molecule has 1 amide bonds. The Kier molecular flexibility index (Phi) is 7.85. The first-order valence-corrected chi connectivity index (χ1v) is 8.96. The van der Waals surface area contributed by atoms with Crippen molar-refractivity contribution >= 4 is 21.8 Å². The van der Waals surface area contributed by atoms with Crippen LogP contribution >= 0.6 is 15.9 Å². The van der Waals surface area contributed by atoms with Gasteiger partial charge in [-0.25, -0.2) is 0 Å². The minimum absolute atomic E-state index is 0.153. The van der Waals surface area contributed by atoms with Crippen LogP contribution in [0.15, 0.2) is 28.7 Å². The highest BCUT2D eigenvalue weighted by atomic mass is 79.9. The van der Waals surface area contributed by atoms with Crippen LogP contribution in [0.2, 0.25) is 0 Å². The lowest BCUT2D eigenvalue weighted by molar-refractivity contribution is -0.134. The van der Waals surface area contributed by atoms with Gasteiger partial charge in [0, 0.05) is 24.2 Å². The fourth-order valence-electron chi connectivity index (χ4n) is 2.58. The summed E-state index contributed by atoms with van der Waals surface area (Å²) >= 11 is 3.40. The van der Waals surface area contributed by atoms with Crippen molar-refractivity contribution in [1.82, 2.24) is 4.90 Å². The van der Waals surface area contributed by atoms with E-state index in [0.29, 0.717) is 19.6 Å². The molecule has 1 aromatic rings. The number of ether oxygens (including phenoxy) is 2. The van der Waals surface area contributed by atoms with Gasteiger partial charge in [0.05, 0.1) is 19.1 Å². The largest absolute Gasteiger partial charge is 0.493 e. The number of benzene rings is 1. The van der Waals surface area contributed by atoms with Gasteiger partial charge in [-0.1, -0.05) is 22.0 Å². The van der Waals surface area contributed by atoms with Crippen molar-refractivity contribution in [2.24, 2.45) is 5.73 Å². The topological polar surface area (TPSA) is 64.8 Å². The first-order chi connectivity index (χ1) is 11.2. The summed E-state index contributed by atoms with van der Waals surface area (Å²) in [4.78, 5) is 14.1. The lowest BCUT2D eigenvalue weighted by atomic mass is 10.1. The molecule has 0 atom stereocenters. The van der Waals surface area contributed by atoms with Gasteiger partial charge >= 0.3 is 0 Å². The van der Waals surface area contributed by atoms with Crippen molar-refractivity contribution < 1.29 is 14.3 Å². The predicted octanol–water partition coefficient (Wildman–Crippen LogP) is 2.57. The number of carbonyl (C=O) groups is 1. The van der Waals surface area contributed by atoms with Crippen LogP contribution in [0.25, 0.3) is 0 Å². The lowest BCUT2D eigenvalue weighted by Crippen LogP contribution is -2.41. The number of nitrogens with zero attached hydrogens (tertiary/aromatic N) is 1. The SMILES string of the molecule is NCCCOC1CCN(C(=O)CCOc2cccc(Br)c2)CC1. The molecule has 1 heterocycles. The third-order valence-electron chi connectivity index (χ3n) is 3.88. The fourth-order valence-corrected chi connectivity index (χ4v) is 2.95. The van der Waals surface area contributed by atoms with Gasteiger partial charge in [0.25, 0.3) is 0 Å². The van der Waals surface area contributed by atoms with Gasteiger partial charge in [-0.05, 0) is 44.0 Å². The molecule has 2 N–H and O–H groups in total. The summed E-state index contributed by atoms with van der Waals surface area (Å²) in [5, 5.41) is 0. The van der Waals surface area contributed by atoms with Crippen LogP contribution in [0, 0.1) is 0 Å². The van der Waals surface area contributed by atoms with Crippen molar-refractivity contribution in [3.63, 3.8) is 0 Å². The second-order valence-electron chi connectivity index (χ2n) is 5.65. The van der Waals surface area contributed by atoms with E-state index in [1.54, 1.807) is 0 Å². The molecule has 0 bridgehead atoms. The smallest absolute Gasteiger partial charge is 0.226 e. The summed E-state index contributed by atoms with van der Waals surface area (Å²) in [5.41, 5.74) is 5.46. The van der Waals surface area contributed by atoms with Crippen molar-refractivity contribution in [2.75, 3.05) is 32.8 Å². The number of hydrogen-bond donors (Lipinski definition) is 1. The Balaban J connectivity index is 1.63. The van der Waals surface area contributed by atoms with Crippen LogP contribution in [0.4, 0.5) is 0 Å². The zero-order valence-corrected chi connectivity index (χ0v) is 15.0. The summed E-state index contributed by atoms with van der Waals surface area (Å²) in [6, 6.07) is 7.64. The molecular weight excluding hydrogens is 360 g/mol. The molecule has 128 valence electrons. The Hall–Kier alpha value is -1.11. The Labute approximate surface area is 146 Å². The molecule has 1 saturated heterocycles. The molecule has 6 heteroatoms. The highest BCUT2D eigenvalue weighted by molar-refractivity contribution is 9.10. The van der Waals surface area contributed by atoms with E-state index in [-0.39, 0.29) is 12.0 Å². The van der Waals surface area contributed by atoms with Crippen molar-refractivity contribution in [1.29, 1.82) is 0 Å². The molecule has 5 nitrogen and oxygen atoms in total. The average Bonchev–Trinajstić information content (AvgIpc) is 2.56. The number of halogens is 1. The average molecular weight is 385 g/mol. The minimum Gasteiger partial charge on any atom is -0.493 e. The molecule has 1 aliphatic rings. The third kappa shape index (κ3) is 6.49. The van der Waals surface area contributed by atoms with E-state index in [9.17, 15) is 4.79 Å². The van der Waals surface area contributed by atoms with E-state index in [4.69, 9.17) is 15.2 Å². The molecule has 0 aliphatic carbocycles. The molecule has 1 fully saturated rings. The highest BCUT2D eigenvalue weighted by Gasteiger charge is 2.22. The molecule has 0 radical (unpaired) electrons. The second-order valence-corrected chi connectivity index (χ2v) is 6.56. The quantitative estimate of drug-likeness (QED) is 0.699. The Morgan fingerprint density at radius 2 is 2.09 bits per heavy atom. The molecule has 1 aliphatic heterocycles. The van der Waals surface area contributed by atoms with Gasteiger partial charge in [0.2, 0.25) is 5.91 Å². The summed E-state index contributed by atoms with van der Waals surface area (Å²) < 4.78 is 12.3. The van der Waals surface area contributed by atoms with Crippen LogP contribution in [-0.4, -0.2) is 49.8 Å². The second kappa shape index (κ2) is 9.90. The maximum atomic E-state index is 12.2. The van der Waals surface area contributed by atoms with Crippen LogP contribution < -0.4 is 10.5 Å². The number of hydrogen-bond acceptors (Lipinski definition) is 4. The van der Waals surface area contributed by atoms with Crippen molar-refractivity contribution in [3.8, 4) is 5.75 Å². The number of amides is 1. The molecule has 0 saturated carbocycles. The third-order valence-corrected chi connectivity index (χ3v) is 4.37. The number of rotatable bonds is 8. The fraction of sp³-hybridized carbons (Fsp3) is 0.588. The molecule has 0 aromatic heterocycles. The van der Waals surface area contributed by atoms with Gasteiger partial charge in [0.1, 0.15) is 5.75 Å². The molecule has 2 rings (SSSR count). The van der Waals surface area contributed by atoms with Gasteiger partial charge < -0.3 is 20.1 Å². The van der Waals surface area contributed by atoms with E-state index in [1.165, 1.54) is 0 Å². The summed E-state index contributed by atoms with van der Waals surface area (Å²) in [5.74, 6) is 0.930. The summed E-state index contributed by atoms with van der Waals surface area (Å²) in [7, 11) is 0. The van der Waals surface area contributed by atoms with Gasteiger partial charge in [0.15, 0.2) is 0 Å². The Morgan fingerprint density at radius 3 is 2.78 bits per heavy atom. The number of piperidine rings is 1. The molecule has 0 unspecified atom stereocenters. The molecule has 1 aromatic carbocycles. The normalized spacial score (nSPS) is 15.7. The lowest BCUT2D eigenvalue weighted by Gasteiger charge is -2.32. The minimum atomic E-state index is 0.153. The van der Waals surface area contributed by atoms with Gasteiger partial charge in [-0.2, -0.15) is 0 Å². The van der Waals surface area contributed by atoms with E-state index < -0.39 is 0 Å². The zero-order chi connectivity index (χ0) is 16.5. The Morgan fingerprint density at radius 1 is 1.30 bits per heavy atom. The van der Waals surface area contributed by atoms with Gasteiger partial charge in [-0.3, -0.25) is 4.79 Å². The van der Waals surface area contributed by atoms with Crippen LogP contribution in [-0.2, 0) is 9.53 Å². The Bertz CT molecular complexity index is 490. The summed E-state index contributed by atoms with van der Waals surface area (Å²) in [6.45, 7) is 3.32. The van der Waals surface area contributed by atoms with Crippen LogP contribution in [0.1, 0.15) is 25.7 Å². The number of nitrogens with two attached hydrogens (primary N) is 1. The number of likely N-dealkylation sites (tertiary alicyclic amines) is 1. The predicted molar refractivity (Wildman–Crippen MR) is 93.5 cm³/mol. The highest BCUT2D eigenvalue weighted by Crippen LogP contribution is 2.18.